The lowest BCUT2D eigenvalue weighted by molar-refractivity contribution is 0.0703. The van der Waals surface area contributed by atoms with Gasteiger partial charge in [0.25, 0.3) is 5.91 Å². The van der Waals surface area contributed by atoms with E-state index >= 15 is 0 Å². The van der Waals surface area contributed by atoms with Crippen LogP contribution in [0.5, 0.6) is 0 Å². The molecule has 1 atom stereocenters. The molecular weight excluding hydrogens is 320 g/mol. The number of carbonyl (C=O) groups is 1. The molecule has 1 fully saturated rings. The molecule has 1 saturated heterocycles. The summed E-state index contributed by atoms with van der Waals surface area (Å²) < 4.78 is 5.32. The minimum Gasteiger partial charge on any atom is -0.339 e. The zero-order valence-corrected chi connectivity index (χ0v) is 14.3. The lowest BCUT2D eigenvalue weighted by Gasteiger charge is -2.31. The summed E-state index contributed by atoms with van der Waals surface area (Å²) in [6, 6.07) is 5.37. The van der Waals surface area contributed by atoms with Crippen LogP contribution in [0.4, 0.5) is 0 Å². The number of hydrogen-bond donors (Lipinski definition) is 1. The molecular formula is C17H20N6O2. The minimum atomic E-state index is 0.00202. The van der Waals surface area contributed by atoms with Gasteiger partial charge < -0.3 is 9.42 Å². The molecule has 1 aliphatic rings. The third-order valence-electron chi connectivity index (χ3n) is 4.59. The summed E-state index contributed by atoms with van der Waals surface area (Å²) in [5.74, 6) is 1.67. The smallest absolute Gasteiger partial charge is 0.253 e. The summed E-state index contributed by atoms with van der Waals surface area (Å²) in [6.45, 7) is 5.38. The van der Waals surface area contributed by atoms with Crippen molar-refractivity contribution in [2.45, 2.75) is 38.5 Å². The van der Waals surface area contributed by atoms with Crippen molar-refractivity contribution in [1.29, 1.82) is 0 Å². The molecule has 1 N–H and O–H groups in total. The number of likely N-dealkylation sites (tertiary alicyclic amines) is 1. The van der Waals surface area contributed by atoms with Crippen molar-refractivity contribution in [1.82, 2.24) is 30.5 Å². The molecule has 3 aromatic rings. The van der Waals surface area contributed by atoms with Gasteiger partial charge >= 0.3 is 0 Å². The molecule has 8 heteroatoms. The lowest BCUT2D eigenvalue weighted by atomic mass is 9.96. The Balaban J connectivity index is 1.52. The molecule has 0 saturated carbocycles. The number of amides is 1. The summed E-state index contributed by atoms with van der Waals surface area (Å²) in [5, 5.41) is 14.7. The monoisotopic (exact) mass is 340 g/mol. The maximum atomic E-state index is 12.9. The topological polar surface area (TPSA) is 101 Å². The number of rotatable bonds is 3. The van der Waals surface area contributed by atoms with E-state index in [1.54, 1.807) is 12.1 Å². The molecule has 2 aromatic heterocycles. The predicted octanol–water partition coefficient (Wildman–Crippen LogP) is 2.48. The average Bonchev–Trinajstić information content (AvgIpc) is 3.30. The Hall–Kier alpha value is -2.77. The van der Waals surface area contributed by atoms with E-state index in [2.05, 4.69) is 25.6 Å². The van der Waals surface area contributed by atoms with Gasteiger partial charge in [0.1, 0.15) is 11.0 Å². The molecule has 8 nitrogen and oxygen atoms in total. The Labute approximate surface area is 144 Å². The van der Waals surface area contributed by atoms with E-state index in [0.717, 1.165) is 24.9 Å². The van der Waals surface area contributed by atoms with Gasteiger partial charge in [-0.15, -0.1) is 0 Å². The highest BCUT2D eigenvalue weighted by Gasteiger charge is 2.29. The molecule has 3 heterocycles. The van der Waals surface area contributed by atoms with Gasteiger partial charge in [-0.1, -0.05) is 19.0 Å². The van der Waals surface area contributed by atoms with Gasteiger partial charge in [-0.3, -0.25) is 4.79 Å². The van der Waals surface area contributed by atoms with Crippen LogP contribution >= 0.6 is 0 Å². The molecule has 1 aliphatic heterocycles. The summed E-state index contributed by atoms with van der Waals surface area (Å²) in [5.41, 5.74) is 2.07. The zero-order chi connectivity index (χ0) is 17.4. The van der Waals surface area contributed by atoms with Gasteiger partial charge in [0, 0.05) is 30.5 Å². The van der Waals surface area contributed by atoms with Crippen molar-refractivity contribution >= 4 is 16.9 Å². The molecule has 0 bridgehead atoms. The molecule has 130 valence electrons. The fourth-order valence-electron chi connectivity index (χ4n) is 3.18. The molecule has 1 aromatic carbocycles. The van der Waals surface area contributed by atoms with E-state index in [1.165, 1.54) is 0 Å². The molecule has 0 aliphatic carbocycles. The standard InChI is InChI=1S/C17H20N6O2/c1-10(2)16-18-15(21-25-16)12-4-3-7-23(9-12)17(24)11-5-6-13-14(8-11)20-22-19-13/h5-6,8,10,12H,3-4,7,9H2,1-2H3,(H,19,20,22)/t12-/m0/s1. The number of nitrogens with zero attached hydrogens (tertiary/aromatic N) is 5. The van der Waals surface area contributed by atoms with Gasteiger partial charge in [-0.2, -0.15) is 20.4 Å². The van der Waals surface area contributed by atoms with E-state index in [1.807, 2.05) is 24.8 Å². The molecule has 1 amide bonds. The number of piperidine rings is 1. The number of benzene rings is 1. The Bertz CT molecular complexity index is 899. The number of nitrogens with one attached hydrogen (secondary N) is 1. The van der Waals surface area contributed by atoms with E-state index in [4.69, 9.17) is 4.52 Å². The van der Waals surface area contributed by atoms with Gasteiger partial charge in [-0.25, -0.2) is 0 Å². The largest absolute Gasteiger partial charge is 0.339 e. The maximum Gasteiger partial charge on any atom is 0.253 e. The van der Waals surface area contributed by atoms with Gasteiger partial charge in [-0.05, 0) is 31.0 Å². The average molecular weight is 340 g/mol. The molecule has 0 radical (unpaired) electrons. The fourth-order valence-corrected chi connectivity index (χ4v) is 3.18. The lowest BCUT2D eigenvalue weighted by Crippen LogP contribution is -2.39. The zero-order valence-electron chi connectivity index (χ0n) is 14.3. The highest BCUT2D eigenvalue weighted by atomic mass is 16.5. The number of hydrogen-bond acceptors (Lipinski definition) is 6. The normalized spacial score (nSPS) is 18.2. The molecule has 4 rings (SSSR count). The maximum absolute atomic E-state index is 12.9. The third kappa shape index (κ3) is 2.99. The highest BCUT2D eigenvalue weighted by Crippen LogP contribution is 2.27. The Morgan fingerprint density at radius 2 is 2.16 bits per heavy atom. The number of carbonyl (C=O) groups excluding carboxylic acids is 1. The third-order valence-corrected chi connectivity index (χ3v) is 4.59. The second kappa shape index (κ2) is 6.27. The molecule has 25 heavy (non-hydrogen) atoms. The van der Waals surface area contributed by atoms with Gasteiger partial charge in [0.2, 0.25) is 5.89 Å². The van der Waals surface area contributed by atoms with Crippen molar-refractivity contribution in [3.63, 3.8) is 0 Å². The summed E-state index contributed by atoms with van der Waals surface area (Å²) in [7, 11) is 0. The quantitative estimate of drug-likeness (QED) is 0.786. The Kier molecular flexibility index (Phi) is 3.95. The second-order valence-corrected chi connectivity index (χ2v) is 6.76. The Morgan fingerprint density at radius 3 is 2.96 bits per heavy atom. The van der Waals surface area contributed by atoms with Crippen LogP contribution < -0.4 is 0 Å². The van der Waals surface area contributed by atoms with E-state index in [0.29, 0.717) is 29.3 Å². The molecule has 0 spiro atoms. The van der Waals surface area contributed by atoms with E-state index in [-0.39, 0.29) is 17.7 Å². The van der Waals surface area contributed by atoms with Crippen LogP contribution in [0.3, 0.4) is 0 Å². The first-order chi connectivity index (χ1) is 12.1. The summed E-state index contributed by atoms with van der Waals surface area (Å²) in [6.07, 6.45) is 1.89. The number of fused-ring (bicyclic) bond motifs is 1. The van der Waals surface area contributed by atoms with Crippen LogP contribution in [-0.4, -0.2) is 49.4 Å². The number of aromatic nitrogens is 5. The van der Waals surface area contributed by atoms with Crippen LogP contribution in [0, 0.1) is 0 Å². The van der Waals surface area contributed by atoms with Crippen LogP contribution in [0.2, 0.25) is 0 Å². The predicted molar refractivity (Wildman–Crippen MR) is 90.2 cm³/mol. The SMILES string of the molecule is CC(C)c1nc([C@H]2CCCN(C(=O)c3ccc4n[nH]nc4c3)C2)no1. The first kappa shape index (κ1) is 15.7. The van der Waals surface area contributed by atoms with Crippen molar-refractivity contribution in [3.05, 3.63) is 35.5 Å². The summed E-state index contributed by atoms with van der Waals surface area (Å²) in [4.78, 5) is 19.2. The van der Waals surface area contributed by atoms with Crippen molar-refractivity contribution in [3.8, 4) is 0 Å². The van der Waals surface area contributed by atoms with Crippen molar-refractivity contribution < 1.29 is 9.32 Å². The molecule has 0 unspecified atom stereocenters. The van der Waals surface area contributed by atoms with Crippen molar-refractivity contribution in [2.75, 3.05) is 13.1 Å². The van der Waals surface area contributed by atoms with E-state index in [9.17, 15) is 4.79 Å². The van der Waals surface area contributed by atoms with Crippen molar-refractivity contribution in [2.24, 2.45) is 0 Å². The van der Waals surface area contributed by atoms with Crippen LogP contribution in [-0.2, 0) is 0 Å². The van der Waals surface area contributed by atoms with Gasteiger partial charge in [0.05, 0.1) is 0 Å². The highest BCUT2D eigenvalue weighted by molar-refractivity contribution is 5.97. The second-order valence-electron chi connectivity index (χ2n) is 6.76. The van der Waals surface area contributed by atoms with E-state index < -0.39 is 0 Å². The minimum absolute atomic E-state index is 0.00202. The van der Waals surface area contributed by atoms with Crippen LogP contribution in [0.15, 0.2) is 22.7 Å². The first-order valence-electron chi connectivity index (χ1n) is 8.55. The number of H-pyrrole nitrogens is 1. The number of aromatic amines is 1. The summed E-state index contributed by atoms with van der Waals surface area (Å²) >= 11 is 0. The first-order valence-corrected chi connectivity index (χ1v) is 8.55. The van der Waals surface area contributed by atoms with Gasteiger partial charge in [0.15, 0.2) is 5.82 Å². The fraction of sp³-hybridized carbons (Fsp3) is 0.471. The van der Waals surface area contributed by atoms with Crippen LogP contribution in [0.25, 0.3) is 11.0 Å². The Morgan fingerprint density at radius 1 is 1.32 bits per heavy atom. The van der Waals surface area contributed by atoms with Crippen LogP contribution in [0.1, 0.15) is 60.6 Å².